The zero-order valence-electron chi connectivity index (χ0n) is 23.2. The van der Waals surface area contributed by atoms with E-state index in [-0.39, 0.29) is 12.0 Å². The molecule has 1 saturated carbocycles. The number of hydrogen-bond acceptors (Lipinski definition) is 6. The molecule has 38 heavy (non-hydrogen) atoms. The molecular formula is C29H39N3O6. The molecule has 3 N–H and O–H groups in total. The number of alkyl carbamates (subject to hydrolysis) is 1. The topological polar surface area (TPSA) is 117 Å². The molecule has 9 nitrogen and oxygen atoms in total. The molecule has 2 aromatic rings. The van der Waals surface area contributed by atoms with Crippen molar-refractivity contribution < 1.29 is 29.0 Å². The van der Waals surface area contributed by atoms with Crippen LogP contribution in [-0.2, 0) is 14.3 Å². The Bertz CT molecular complexity index is 1160. The fraction of sp³-hybridized carbons (Fsp3) is 0.483. The standard InChI is InChI=1S/C29H39N3O6/c1-17-8-9-18(2)22(14-17)25(26(34)30-20-10-12-21(37-7)13-11-20)32(24-15-19(24)3)27(35)23(16-33)31-28(36)38-29(4,5)6/h8-14,19,23-25,33H,15-16H2,1-7H3,(H,30,34)(H,31,36). The Labute approximate surface area is 224 Å². The third-order valence-electron chi connectivity index (χ3n) is 6.46. The summed E-state index contributed by atoms with van der Waals surface area (Å²) in [6.07, 6.45) is -0.118. The molecular weight excluding hydrogens is 486 g/mol. The first-order valence-electron chi connectivity index (χ1n) is 12.8. The highest BCUT2D eigenvalue weighted by Gasteiger charge is 2.48. The number of carbonyl (C=O) groups excluding carboxylic acids is 3. The van der Waals surface area contributed by atoms with Gasteiger partial charge in [-0.1, -0.05) is 30.7 Å². The number of rotatable bonds is 9. The van der Waals surface area contributed by atoms with Crippen LogP contribution >= 0.6 is 0 Å². The van der Waals surface area contributed by atoms with Crippen molar-refractivity contribution in [2.24, 2.45) is 5.92 Å². The SMILES string of the molecule is COc1ccc(NC(=O)C(c2cc(C)ccc2C)N(C(=O)C(CO)NC(=O)OC(C)(C)C)C2CC2C)cc1. The highest BCUT2D eigenvalue weighted by molar-refractivity contribution is 5.99. The van der Waals surface area contributed by atoms with Gasteiger partial charge in [0.05, 0.1) is 13.7 Å². The van der Waals surface area contributed by atoms with Crippen LogP contribution in [0.25, 0.3) is 0 Å². The summed E-state index contributed by atoms with van der Waals surface area (Å²) in [5.74, 6) is -0.147. The van der Waals surface area contributed by atoms with Gasteiger partial charge in [-0.15, -0.1) is 0 Å². The van der Waals surface area contributed by atoms with Crippen molar-refractivity contribution in [1.29, 1.82) is 0 Å². The van der Waals surface area contributed by atoms with E-state index in [1.165, 1.54) is 4.90 Å². The maximum Gasteiger partial charge on any atom is 0.408 e. The summed E-state index contributed by atoms with van der Waals surface area (Å²) < 4.78 is 10.5. The van der Waals surface area contributed by atoms with Gasteiger partial charge in [-0.3, -0.25) is 9.59 Å². The molecule has 0 spiro atoms. The van der Waals surface area contributed by atoms with Gasteiger partial charge >= 0.3 is 6.09 Å². The summed E-state index contributed by atoms with van der Waals surface area (Å²) in [6, 6.07) is 10.2. The van der Waals surface area contributed by atoms with E-state index < -0.39 is 42.2 Å². The van der Waals surface area contributed by atoms with Gasteiger partial charge in [-0.25, -0.2) is 4.79 Å². The van der Waals surface area contributed by atoms with E-state index in [1.54, 1.807) is 52.1 Å². The van der Waals surface area contributed by atoms with E-state index in [1.807, 2.05) is 39.0 Å². The van der Waals surface area contributed by atoms with Gasteiger partial charge in [0.25, 0.3) is 5.91 Å². The maximum atomic E-state index is 14.0. The molecule has 0 heterocycles. The largest absolute Gasteiger partial charge is 0.497 e. The Morgan fingerprint density at radius 2 is 1.74 bits per heavy atom. The zero-order valence-corrected chi connectivity index (χ0v) is 23.2. The number of aliphatic hydroxyl groups excluding tert-OH is 1. The van der Waals surface area contributed by atoms with Crippen molar-refractivity contribution in [1.82, 2.24) is 10.2 Å². The second kappa shape index (κ2) is 11.9. The number of amides is 3. The molecule has 0 radical (unpaired) electrons. The van der Waals surface area contributed by atoms with Crippen molar-refractivity contribution in [2.45, 2.75) is 71.7 Å². The van der Waals surface area contributed by atoms with E-state index >= 15 is 0 Å². The number of nitrogens with one attached hydrogen (secondary N) is 2. The van der Waals surface area contributed by atoms with Gasteiger partial charge in [0.2, 0.25) is 5.91 Å². The van der Waals surface area contributed by atoms with Crippen LogP contribution in [0.15, 0.2) is 42.5 Å². The maximum absolute atomic E-state index is 14.0. The van der Waals surface area contributed by atoms with Crippen LogP contribution in [0.2, 0.25) is 0 Å². The minimum absolute atomic E-state index is 0.154. The summed E-state index contributed by atoms with van der Waals surface area (Å²) in [7, 11) is 1.56. The van der Waals surface area contributed by atoms with Crippen molar-refractivity contribution in [3.8, 4) is 5.75 Å². The van der Waals surface area contributed by atoms with Crippen LogP contribution in [0.1, 0.15) is 56.8 Å². The highest BCUT2D eigenvalue weighted by atomic mass is 16.6. The van der Waals surface area contributed by atoms with Gasteiger partial charge in [0, 0.05) is 11.7 Å². The summed E-state index contributed by atoms with van der Waals surface area (Å²) in [4.78, 5) is 41.9. The van der Waals surface area contributed by atoms with Crippen LogP contribution < -0.4 is 15.4 Å². The lowest BCUT2D eigenvalue weighted by Gasteiger charge is -2.35. The molecule has 3 amide bonds. The number of hydrogen-bond donors (Lipinski definition) is 3. The quantitative estimate of drug-likeness (QED) is 0.454. The smallest absolute Gasteiger partial charge is 0.408 e. The molecule has 3 rings (SSSR count). The number of methoxy groups -OCH3 is 1. The van der Waals surface area contributed by atoms with Gasteiger partial charge < -0.3 is 30.1 Å². The average Bonchev–Trinajstić information content (AvgIpc) is 3.57. The van der Waals surface area contributed by atoms with Gasteiger partial charge in [-0.05, 0) is 82.3 Å². The Morgan fingerprint density at radius 1 is 1.11 bits per heavy atom. The molecule has 0 bridgehead atoms. The van der Waals surface area contributed by atoms with Crippen molar-refractivity contribution in [3.63, 3.8) is 0 Å². The molecule has 1 aliphatic rings. The molecule has 4 unspecified atom stereocenters. The van der Waals surface area contributed by atoms with E-state index in [4.69, 9.17) is 9.47 Å². The van der Waals surface area contributed by atoms with Crippen molar-refractivity contribution in [2.75, 3.05) is 19.0 Å². The van der Waals surface area contributed by atoms with Crippen LogP contribution in [0.3, 0.4) is 0 Å². The number of ether oxygens (including phenoxy) is 2. The first-order valence-corrected chi connectivity index (χ1v) is 12.8. The van der Waals surface area contributed by atoms with E-state index in [0.29, 0.717) is 23.4 Å². The van der Waals surface area contributed by atoms with Gasteiger partial charge in [0.1, 0.15) is 23.4 Å². The first kappa shape index (κ1) is 29.0. The summed E-state index contributed by atoms with van der Waals surface area (Å²) in [5, 5.41) is 15.5. The Morgan fingerprint density at radius 3 is 2.26 bits per heavy atom. The van der Waals surface area contributed by atoms with Crippen molar-refractivity contribution >= 4 is 23.6 Å². The van der Waals surface area contributed by atoms with Crippen LogP contribution in [0.4, 0.5) is 10.5 Å². The molecule has 1 fully saturated rings. The Hall–Kier alpha value is -3.59. The Kier molecular flexibility index (Phi) is 9.04. The molecule has 0 aromatic heterocycles. The number of carbonyl (C=O) groups is 3. The monoisotopic (exact) mass is 525 g/mol. The second-order valence-corrected chi connectivity index (χ2v) is 10.9. The molecule has 4 atom stereocenters. The lowest BCUT2D eigenvalue weighted by Crippen LogP contribution is -2.54. The molecule has 0 aliphatic heterocycles. The fourth-order valence-electron chi connectivity index (χ4n) is 4.34. The number of nitrogens with zero attached hydrogens (tertiary/aromatic N) is 1. The normalized spacial score (nSPS) is 18.1. The first-order chi connectivity index (χ1) is 17.8. The van der Waals surface area contributed by atoms with E-state index in [9.17, 15) is 19.5 Å². The summed E-state index contributed by atoms with van der Waals surface area (Å²) >= 11 is 0. The van der Waals surface area contributed by atoms with Gasteiger partial charge in [0.15, 0.2) is 0 Å². The fourth-order valence-corrected chi connectivity index (χ4v) is 4.34. The third kappa shape index (κ3) is 7.25. The van der Waals surface area contributed by atoms with Gasteiger partial charge in [-0.2, -0.15) is 0 Å². The third-order valence-corrected chi connectivity index (χ3v) is 6.46. The number of aryl methyl sites for hydroxylation is 2. The molecule has 1 aliphatic carbocycles. The molecule has 2 aromatic carbocycles. The zero-order chi connectivity index (χ0) is 28.2. The average molecular weight is 526 g/mol. The number of benzene rings is 2. The minimum Gasteiger partial charge on any atom is -0.497 e. The van der Waals surface area contributed by atoms with Crippen LogP contribution in [-0.4, -0.2) is 59.3 Å². The lowest BCUT2D eigenvalue weighted by atomic mass is 9.95. The van der Waals surface area contributed by atoms with E-state index in [0.717, 1.165) is 11.1 Å². The Balaban J connectivity index is 2.01. The van der Waals surface area contributed by atoms with Crippen molar-refractivity contribution in [3.05, 3.63) is 59.2 Å². The number of anilines is 1. The summed E-state index contributed by atoms with van der Waals surface area (Å²) in [5.41, 5.74) is 2.23. The van der Waals surface area contributed by atoms with Crippen LogP contribution in [0.5, 0.6) is 5.75 Å². The molecule has 0 saturated heterocycles. The lowest BCUT2D eigenvalue weighted by molar-refractivity contribution is -0.142. The van der Waals surface area contributed by atoms with E-state index in [2.05, 4.69) is 10.6 Å². The molecule has 9 heteroatoms. The number of aliphatic hydroxyl groups is 1. The summed E-state index contributed by atoms with van der Waals surface area (Å²) in [6.45, 7) is 10.3. The van der Waals surface area contributed by atoms with Crippen LogP contribution in [0, 0.1) is 19.8 Å². The predicted octanol–water partition coefficient (Wildman–Crippen LogP) is 4.11. The molecule has 206 valence electrons. The second-order valence-electron chi connectivity index (χ2n) is 10.9. The minimum atomic E-state index is -1.28. The highest BCUT2D eigenvalue weighted by Crippen LogP contribution is 2.41. The predicted molar refractivity (Wildman–Crippen MR) is 145 cm³/mol.